The molecule has 126 valence electrons. The SMILES string of the molecule is Cc1cc(CNC(=O)C2=NN(C)C(=O)CC2)c2[nH]c(C)c(C)c2c1. The molecule has 1 aliphatic rings. The Morgan fingerprint density at radius 2 is 2.04 bits per heavy atom. The van der Waals surface area contributed by atoms with Crippen LogP contribution in [0, 0.1) is 20.8 Å². The molecule has 0 atom stereocenters. The Bertz CT molecular complexity index is 864. The van der Waals surface area contributed by atoms with Crippen molar-refractivity contribution in [3.05, 3.63) is 34.5 Å². The van der Waals surface area contributed by atoms with E-state index in [0.29, 0.717) is 25.1 Å². The lowest BCUT2D eigenvalue weighted by Crippen LogP contribution is -2.37. The first-order chi connectivity index (χ1) is 11.4. The average Bonchev–Trinajstić information content (AvgIpc) is 2.83. The van der Waals surface area contributed by atoms with E-state index >= 15 is 0 Å². The van der Waals surface area contributed by atoms with Gasteiger partial charge in [0.2, 0.25) is 5.91 Å². The first kappa shape index (κ1) is 16.2. The number of nitrogens with one attached hydrogen (secondary N) is 2. The first-order valence-corrected chi connectivity index (χ1v) is 8.07. The third-order valence-electron chi connectivity index (χ3n) is 4.55. The highest BCUT2D eigenvalue weighted by molar-refractivity contribution is 6.39. The summed E-state index contributed by atoms with van der Waals surface area (Å²) in [6.07, 6.45) is 0.714. The summed E-state index contributed by atoms with van der Waals surface area (Å²) < 4.78 is 0. The standard InChI is InChI=1S/C18H22N4O2/c1-10-7-13(17-14(8-10)11(2)12(3)20-17)9-19-18(24)15-5-6-16(23)22(4)21-15/h7-8,20H,5-6,9H2,1-4H3,(H,19,24). The Balaban J connectivity index is 1.81. The van der Waals surface area contributed by atoms with Crippen LogP contribution in [0.3, 0.4) is 0 Å². The fourth-order valence-electron chi connectivity index (χ4n) is 3.04. The van der Waals surface area contributed by atoms with Crippen molar-refractivity contribution in [2.45, 2.75) is 40.2 Å². The van der Waals surface area contributed by atoms with Gasteiger partial charge in [0, 0.05) is 37.5 Å². The van der Waals surface area contributed by atoms with Gasteiger partial charge in [0.15, 0.2) is 0 Å². The minimum atomic E-state index is -0.219. The monoisotopic (exact) mass is 326 g/mol. The van der Waals surface area contributed by atoms with Crippen molar-refractivity contribution >= 4 is 28.4 Å². The summed E-state index contributed by atoms with van der Waals surface area (Å²) >= 11 is 0. The highest BCUT2D eigenvalue weighted by Crippen LogP contribution is 2.26. The molecule has 0 aliphatic carbocycles. The predicted octanol–water partition coefficient (Wildman–Crippen LogP) is 2.32. The summed E-state index contributed by atoms with van der Waals surface area (Å²) in [6.45, 7) is 6.63. The van der Waals surface area contributed by atoms with Crippen molar-refractivity contribution in [1.82, 2.24) is 15.3 Å². The molecule has 3 rings (SSSR count). The van der Waals surface area contributed by atoms with Gasteiger partial charge in [-0.1, -0.05) is 11.6 Å². The van der Waals surface area contributed by atoms with Gasteiger partial charge in [-0.05, 0) is 38.0 Å². The molecule has 6 heteroatoms. The number of fused-ring (bicyclic) bond motifs is 1. The van der Waals surface area contributed by atoms with Gasteiger partial charge in [0.05, 0.1) is 5.52 Å². The Morgan fingerprint density at radius 3 is 2.75 bits per heavy atom. The number of carbonyl (C=O) groups excluding carboxylic acids is 2. The van der Waals surface area contributed by atoms with Crippen LogP contribution in [0.25, 0.3) is 10.9 Å². The van der Waals surface area contributed by atoms with E-state index < -0.39 is 0 Å². The second-order valence-electron chi connectivity index (χ2n) is 6.37. The number of rotatable bonds is 3. The highest BCUT2D eigenvalue weighted by Gasteiger charge is 2.22. The Hall–Kier alpha value is -2.63. The molecule has 0 fully saturated rings. The molecule has 0 saturated carbocycles. The van der Waals surface area contributed by atoms with Crippen LogP contribution in [0.5, 0.6) is 0 Å². The van der Waals surface area contributed by atoms with E-state index in [2.05, 4.69) is 48.3 Å². The predicted molar refractivity (Wildman–Crippen MR) is 93.8 cm³/mol. The molecule has 1 aromatic heterocycles. The highest BCUT2D eigenvalue weighted by atomic mass is 16.2. The smallest absolute Gasteiger partial charge is 0.267 e. The molecule has 2 aromatic rings. The summed E-state index contributed by atoms with van der Waals surface area (Å²) in [4.78, 5) is 27.2. The zero-order valence-electron chi connectivity index (χ0n) is 14.5. The van der Waals surface area contributed by atoms with Crippen LogP contribution in [0.15, 0.2) is 17.2 Å². The molecule has 0 spiro atoms. The number of aromatic amines is 1. The molecule has 24 heavy (non-hydrogen) atoms. The molecule has 0 saturated heterocycles. The summed E-state index contributed by atoms with van der Waals surface area (Å²) in [5, 5.41) is 9.41. The fraction of sp³-hybridized carbons (Fsp3) is 0.389. The minimum Gasteiger partial charge on any atom is -0.358 e. The quantitative estimate of drug-likeness (QED) is 0.908. The summed E-state index contributed by atoms with van der Waals surface area (Å²) in [5.74, 6) is -0.284. The topological polar surface area (TPSA) is 77.6 Å². The molecule has 0 radical (unpaired) electrons. The third-order valence-corrected chi connectivity index (χ3v) is 4.55. The van der Waals surface area contributed by atoms with Crippen molar-refractivity contribution in [2.24, 2.45) is 5.10 Å². The lowest BCUT2D eigenvalue weighted by atomic mass is 10.0. The molecule has 6 nitrogen and oxygen atoms in total. The molecule has 2 amide bonds. The Kier molecular flexibility index (Phi) is 4.13. The number of aryl methyl sites for hydroxylation is 3. The number of amides is 2. The maximum Gasteiger partial charge on any atom is 0.267 e. The summed E-state index contributed by atoms with van der Waals surface area (Å²) in [7, 11) is 1.57. The molecule has 0 bridgehead atoms. The Labute approximate surface area is 140 Å². The Morgan fingerprint density at radius 1 is 1.29 bits per heavy atom. The maximum atomic E-state index is 12.3. The van der Waals surface area contributed by atoms with Crippen LogP contribution in [0.2, 0.25) is 0 Å². The first-order valence-electron chi connectivity index (χ1n) is 8.07. The lowest BCUT2D eigenvalue weighted by Gasteiger charge is -2.19. The average molecular weight is 326 g/mol. The van der Waals surface area contributed by atoms with Crippen LogP contribution >= 0.6 is 0 Å². The van der Waals surface area contributed by atoms with Crippen LogP contribution in [0.1, 0.15) is 35.2 Å². The van der Waals surface area contributed by atoms with Crippen molar-refractivity contribution in [2.75, 3.05) is 7.05 Å². The van der Waals surface area contributed by atoms with Gasteiger partial charge >= 0.3 is 0 Å². The number of hydrogen-bond acceptors (Lipinski definition) is 3. The number of aromatic nitrogens is 1. The molecule has 0 unspecified atom stereocenters. The van der Waals surface area contributed by atoms with Crippen LogP contribution in [0.4, 0.5) is 0 Å². The van der Waals surface area contributed by atoms with Crippen molar-refractivity contribution in [3.63, 3.8) is 0 Å². The number of nitrogens with zero attached hydrogens (tertiary/aromatic N) is 2. The number of carbonyl (C=O) groups is 2. The second kappa shape index (κ2) is 6.11. The van der Waals surface area contributed by atoms with Gasteiger partial charge in [-0.2, -0.15) is 5.10 Å². The van der Waals surface area contributed by atoms with Crippen molar-refractivity contribution < 1.29 is 9.59 Å². The summed E-state index contributed by atoms with van der Waals surface area (Å²) in [6, 6.07) is 4.24. The molecule has 2 N–H and O–H groups in total. The second-order valence-corrected chi connectivity index (χ2v) is 6.37. The van der Waals surface area contributed by atoms with Crippen molar-refractivity contribution in [3.8, 4) is 0 Å². The zero-order valence-corrected chi connectivity index (χ0v) is 14.5. The lowest BCUT2D eigenvalue weighted by molar-refractivity contribution is -0.130. The van der Waals surface area contributed by atoms with E-state index in [4.69, 9.17) is 0 Å². The zero-order chi connectivity index (χ0) is 17.4. The van der Waals surface area contributed by atoms with Crippen LogP contribution in [-0.2, 0) is 16.1 Å². The largest absolute Gasteiger partial charge is 0.358 e. The molecular formula is C18H22N4O2. The van der Waals surface area contributed by atoms with E-state index in [-0.39, 0.29) is 11.8 Å². The molecule has 1 aromatic carbocycles. The van der Waals surface area contributed by atoms with Crippen LogP contribution < -0.4 is 5.32 Å². The van der Waals surface area contributed by atoms with Gasteiger partial charge in [-0.3, -0.25) is 9.59 Å². The van der Waals surface area contributed by atoms with Gasteiger partial charge in [-0.15, -0.1) is 0 Å². The number of hydrazone groups is 1. The van der Waals surface area contributed by atoms with E-state index in [1.54, 1.807) is 7.05 Å². The third kappa shape index (κ3) is 2.91. The molecule has 2 heterocycles. The van der Waals surface area contributed by atoms with Gasteiger partial charge in [-0.25, -0.2) is 5.01 Å². The van der Waals surface area contributed by atoms with E-state index in [1.807, 2.05) is 0 Å². The number of benzene rings is 1. The van der Waals surface area contributed by atoms with Crippen LogP contribution in [-0.4, -0.2) is 34.6 Å². The summed E-state index contributed by atoms with van der Waals surface area (Å²) in [5.41, 5.74) is 6.05. The van der Waals surface area contributed by atoms with Gasteiger partial charge in [0.25, 0.3) is 5.91 Å². The molecular weight excluding hydrogens is 304 g/mol. The van der Waals surface area contributed by atoms with Gasteiger partial charge < -0.3 is 10.3 Å². The van der Waals surface area contributed by atoms with E-state index in [1.165, 1.54) is 16.0 Å². The number of hydrogen-bond donors (Lipinski definition) is 2. The van der Waals surface area contributed by atoms with E-state index in [0.717, 1.165) is 22.3 Å². The van der Waals surface area contributed by atoms with Gasteiger partial charge in [0.1, 0.15) is 5.71 Å². The maximum absolute atomic E-state index is 12.3. The minimum absolute atomic E-state index is 0.0655. The fourth-order valence-corrected chi connectivity index (χ4v) is 3.04. The number of H-pyrrole nitrogens is 1. The molecule has 1 aliphatic heterocycles. The van der Waals surface area contributed by atoms with E-state index in [9.17, 15) is 9.59 Å². The van der Waals surface area contributed by atoms with Crippen molar-refractivity contribution in [1.29, 1.82) is 0 Å². The normalized spacial score (nSPS) is 14.9.